The molecule has 0 unspecified atom stereocenters. The highest BCUT2D eigenvalue weighted by molar-refractivity contribution is 7.89. The van der Waals surface area contributed by atoms with Crippen LogP contribution in [-0.4, -0.2) is 39.5 Å². The van der Waals surface area contributed by atoms with Gasteiger partial charge in [-0.3, -0.25) is 0 Å². The van der Waals surface area contributed by atoms with Crippen LogP contribution in [0, 0.1) is 0 Å². The topological polar surface area (TPSA) is 49.4 Å². The molecule has 1 aromatic carbocycles. The summed E-state index contributed by atoms with van der Waals surface area (Å²) in [4.78, 5) is 2.87. The molecule has 118 valence electrons. The van der Waals surface area contributed by atoms with E-state index >= 15 is 0 Å². The second kappa shape index (κ2) is 8.51. The van der Waals surface area contributed by atoms with E-state index in [1.807, 2.05) is 6.07 Å². The molecule has 1 N–H and O–H groups in total. The van der Waals surface area contributed by atoms with Gasteiger partial charge in [0, 0.05) is 6.54 Å². The average Bonchev–Trinajstić information content (AvgIpc) is 2.52. The molecule has 0 aromatic heterocycles. The zero-order chi connectivity index (χ0) is 15.0. The summed E-state index contributed by atoms with van der Waals surface area (Å²) in [5.74, 6) is 0. The second-order valence-corrected chi connectivity index (χ2v) is 7.44. The Kier molecular flexibility index (Phi) is 6.67. The van der Waals surface area contributed by atoms with E-state index in [0.29, 0.717) is 11.4 Å². The van der Waals surface area contributed by atoms with Crippen LogP contribution in [0.3, 0.4) is 0 Å². The molecule has 1 aliphatic rings. The summed E-state index contributed by atoms with van der Waals surface area (Å²) >= 11 is 0. The average molecular weight is 310 g/mol. The van der Waals surface area contributed by atoms with Gasteiger partial charge in [0.25, 0.3) is 0 Å². The van der Waals surface area contributed by atoms with E-state index in [0.717, 1.165) is 25.8 Å². The standard InChI is InChI=1S/C16H26N2O2S/c19-21(20,16-10-4-1-5-11-16)17-12-6-2-7-13-18-14-8-3-9-15-18/h1,4-5,10-11,17H,2-3,6-9,12-15H2. The number of piperidine rings is 1. The van der Waals surface area contributed by atoms with E-state index in [9.17, 15) is 8.42 Å². The summed E-state index contributed by atoms with van der Waals surface area (Å²) in [5, 5.41) is 0. The number of hydrogen-bond donors (Lipinski definition) is 1. The Balaban J connectivity index is 1.59. The normalized spacial score (nSPS) is 17.0. The Morgan fingerprint density at radius 2 is 1.67 bits per heavy atom. The number of unbranched alkanes of at least 4 members (excludes halogenated alkanes) is 2. The largest absolute Gasteiger partial charge is 0.303 e. The van der Waals surface area contributed by atoms with Gasteiger partial charge in [0.05, 0.1) is 4.90 Å². The molecule has 1 saturated heterocycles. The maximum atomic E-state index is 12.0. The van der Waals surface area contributed by atoms with Gasteiger partial charge >= 0.3 is 0 Å². The van der Waals surface area contributed by atoms with Gasteiger partial charge in [0.2, 0.25) is 10.0 Å². The lowest BCUT2D eigenvalue weighted by Gasteiger charge is -2.26. The zero-order valence-electron chi connectivity index (χ0n) is 12.6. The minimum atomic E-state index is -3.33. The minimum absolute atomic E-state index is 0.346. The maximum Gasteiger partial charge on any atom is 0.240 e. The fourth-order valence-corrected chi connectivity index (χ4v) is 3.80. The van der Waals surface area contributed by atoms with E-state index in [2.05, 4.69) is 9.62 Å². The van der Waals surface area contributed by atoms with E-state index < -0.39 is 10.0 Å². The predicted molar refractivity (Wildman–Crippen MR) is 85.8 cm³/mol. The predicted octanol–water partition coefficient (Wildman–Crippen LogP) is 2.62. The second-order valence-electron chi connectivity index (χ2n) is 5.67. The van der Waals surface area contributed by atoms with Gasteiger partial charge in [0.1, 0.15) is 0 Å². The molecular formula is C16H26N2O2S. The third-order valence-electron chi connectivity index (χ3n) is 3.95. The van der Waals surface area contributed by atoms with Gasteiger partial charge in [-0.2, -0.15) is 0 Å². The van der Waals surface area contributed by atoms with E-state index in [-0.39, 0.29) is 0 Å². The number of nitrogens with one attached hydrogen (secondary N) is 1. The molecule has 0 radical (unpaired) electrons. The molecular weight excluding hydrogens is 284 g/mol. The first kappa shape index (κ1) is 16.5. The zero-order valence-corrected chi connectivity index (χ0v) is 13.4. The smallest absolute Gasteiger partial charge is 0.240 e. The van der Waals surface area contributed by atoms with Gasteiger partial charge in [-0.25, -0.2) is 13.1 Å². The van der Waals surface area contributed by atoms with Crippen molar-refractivity contribution in [1.82, 2.24) is 9.62 Å². The fraction of sp³-hybridized carbons (Fsp3) is 0.625. The number of nitrogens with zero attached hydrogens (tertiary/aromatic N) is 1. The third kappa shape index (κ3) is 5.77. The van der Waals surface area contributed by atoms with Crippen LogP contribution in [-0.2, 0) is 10.0 Å². The summed E-state index contributed by atoms with van der Waals surface area (Å²) in [6, 6.07) is 8.55. The van der Waals surface area contributed by atoms with Crippen molar-refractivity contribution in [2.24, 2.45) is 0 Å². The van der Waals surface area contributed by atoms with Gasteiger partial charge in [-0.05, 0) is 57.5 Å². The van der Waals surface area contributed by atoms with Crippen molar-refractivity contribution >= 4 is 10.0 Å². The van der Waals surface area contributed by atoms with Crippen molar-refractivity contribution < 1.29 is 8.42 Å². The minimum Gasteiger partial charge on any atom is -0.303 e. The van der Waals surface area contributed by atoms with Crippen LogP contribution in [0.5, 0.6) is 0 Å². The molecule has 0 bridgehead atoms. The van der Waals surface area contributed by atoms with Crippen LogP contribution in [0.1, 0.15) is 38.5 Å². The van der Waals surface area contributed by atoms with Crippen molar-refractivity contribution in [3.63, 3.8) is 0 Å². The molecule has 21 heavy (non-hydrogen) atoms. The highest BCUT2D eigenvalue weighted by Gasteiger charge is 2.12. The molecule has 0 atom stereocenters. The Morgan fingerprint density at radius 1 is 0.952 bits per heavy atom. The molecule has 1 aromatic rings. The van der Waals surface area contributed by atoms with E-state index in [1.54, 1.807) is 24.3 Å². The highest BCUT2D eigenvalue weighted by Crippen LogP contribution is 2.10. The van der Waals surface area contributed by atoms with Crippen molar-refractivity contribution in [2.45, 2.75) is 43.4 Å². The molecule has 0 spiro atoms. The Morgan fingerprint density at radius 3 is 2.38 bits per heavy atom. The lowest BCUT2D eigenvalue weighted by atomic mass is 10.1. The van der Waals surface area contributed by atoms with Gasteiger partial charge in [0.15, 0.2) is 0 Å². The highest BCUT2D eigenvalue weighted by atomic mass is 32.2. The van der Waals surface area contributed by atoms with Crippen LogP contribution in [0.2, 0.25) is 0 Å². The first-order valence-corrected chi connectivity index (χ1v) is 9.44. The van der Waals surface area contributed by atoms with Crippen molar-refractivity contribution in [1.29, 1.82) is 0 Å². The first-order chi connectivity index (χ1) is 10.2. The van der Waals surface area contributed by atoms with E-state index in [1.165, 1.54) is 32.4 Å². The number of sulfonamides is 1. The monoisotopic (exact) mass is 310 g/mol. The quantitative estimate of drug-likeness (QED) is 0.751. The molecule has 1 aliphatic heterocycles. The fourth-order valence-electron chi connectivity index (χ4n) is 2.71. The lowest BCUT2D eigenvalue weighted by molar-refractivity contribution is 0.224. The number of hydrogen-bond acceptors (Lipinski definition) is 3. The SMILES string of the molecule is O=S(=O)(NCCCCCN1CCCCC1)c1ccccc1. The lowest BCUT2D eigenvalue weighted by Crippen LogP contribution is -2.30. The van der Waals surface area contributed by atoms with Crippen LogP contribution in [0.4, 0.5) is 0 Å². The summed E-state index contributed by atoms with van der Waals surface area (Å²) < 4.78 is 26.7. The van der Waals surface area contributed by atoms with Gasteiger partial charge < -0.3 is 4.90 Å². The number of rotatable bonds is 8. The van der Waals surface area contributed by atoms with Gasteiger partial charge in [-0.1, -0.05) is 31.0 Å². The molecule has 1 fully saturated rings. The summed E-state index contributed by atoms with van der Waals surface area (Å²) in [5.41, 5.74) is 0. The van der Waals surface area contributed by atoms with Crippen molar-refractivity contribution in [3.05, 3.63) is 30.3 Å². The van der Waals surface area contributed by atoms with Crippen LogP contribution in [0.25, 0.3) is 0 Å². The summed E-state index contributed by atoms with van der Waals surface area (Å²) in [6.45, 7) is 4.16. The molecule has 0 saturated carbocycles. The maximum absolute atomic E-state index is 12.0. The van der Waals surface area contributed by atoms with E-state index in [4.69, 9.17) is 0 Å². The molecule has 5 heteroatoms. The van der Waals surface area contributed by atoms with Crippen LogP contribution >= 0.6 is 0 Å². The van der Waals surface area contributed by atoms with Gasteiger partial charge in [-0.15, -0.1) is 0 Å². The molecule has 0 aliphatic carbocycles. The molecule has 0 amide bonds. The van der Waals surface area contributed by atoms with Crippen LogP contribution < -0.4 is 4.72 Å². The number of likely N-dealkylation sites (tertiary alicyclic amines) is 1. The Bertz CT molecular complexity index is 496. The Labute approximate surface area is 128 Å². The Hall–Kier alpha value is -0.910. The summed E-state index contributed by atoms with van der Waals surface area (Å²) in [6.07, 6.45) is 7.17. The van der Waals surface area contributed by atoms with Crippen molar-refractivity contribution in [3.8, 4) is 0 Å². The molecule has 1 heterocycles. The van der Waals surface area contributed by atoms with Crippen molar-refractivity contribution in [2.75, 3.05) is 26.2 Å². The first-order valence-electron chi connectivity index (χ1n) is 7.95. The number of benzene rings is 1. The third-order valence-corrected chi connectivity index (χ3v) is 5.42. The molecule has 2 rings (SSSR count). The molecule has 4 nitrogen and oxygen atoms in total. The summed E-state index contributed by atoms with van der Waals surface area (Å²) in [7, 11) is -3.33. The van der Waals surface area contributed by atoms with Crippen LogP contribution in [0.15, 0.2) is 35.2 Å².